The number of hydrogen-bond donors (Lipinski definition) is 1. The van der Waals surface area contributed by atoms with Crippen LogP contribution in [0.25, 0.3) is 11.0 Å². The molecule has 1 atom stereocenters. The maximum Gasteiger partial charge on any atom is 0.432 e. The molecule has 0 saturated heterocycles. The molecular weight excluding hydrogens is 354 g/mol. The van der Waals surface area contributed by atoms with Gasteiger partial charge in [-0.1, -0.05) is 33.1 Å². The summed E-state index contributed by atoms with van der Waals surface area (Å²) in [5.74, 6) is 0.717. The number of carbonyl (C=O) groups is 2. The normalized spacial score (nSPS) is 12.2. The van der Waals surface area contributed by atoms with Gasteiger partial charge in [0, 0.05) is 16.8 Å². The largest absolute Gasteiger partial charge is 0.465 e. The topological polar surface area (TPSA) is 94.3 Å². The van der Waals surface area contributed by atoms with Crippen molar-refractivity contribution in [3.8, 4) is 0 Å². The molecule has 2 rings (SSSR count). The van der Waals surface area contributed by atoms with Crippen molar-refractivity contribution in [2.24, 2.45) is 5.92 Å². The summed E-state index contributed by atoms with van der Waals surface area (Å²) in [6, 6.07) is 1.73. The van der Waals surface area contributed by atoms with Crippen molar-refractivity contribution in [3.05, 3.63) is 18.5 Å². The van der Waals surface area contributed by atoms with Crippen LogP contribution < -0.4 is 0 Å². The Kier molecular flexibility index (Phi) is 7.90. The average Bonchev–Trinajstić information content (AvgIpc) is 3.07. The molecule has 2 aromatic rings. The molecule has 2 heterocycles. The van der Waals surface area contributed by atoms with E-state index in [0.717, 1.165) is 35.3 Å². The maximum atomic E-state index is 12.0. The lowest BCUT2D eigenvalue weighted by molar-refractivity contribution is -0.144. The zero-order chi connectivity index (χ0) is 18.9. The summed E-state index contributed by atoms with van der Waals surface area (Å²) in [4.78, 5) is 28.1. The van der Waals surface area contributed by atoms with Gasteiger partial charge >= 0.3 is 12.1 Å². The van der Waals surface area contributed by atoms with Gasteiger partial charge in [-0.15, -0.1) is 11.8 Å². The number of unbranched alkanes of at least 4 members (excludes halogenated alkanes) is 1. The van der Waals surface area contributed by atoms with E-state index >= 15 is 0 Å². The molecule has 0 bridgehead atoms. The number of fused-ring (bicyclic) bond motifs is 1. The minimum Gasteiger partial charge on any atom is -0.465 e. The standard InChI is InChI=1S/C18H25N3O4S/c1-3-5-6-13(4-2)12-25-16(22)8-10-26-15-7-9-19-14-11-20-21(17(14)15)18(23)24/h7,9,11,13H,3-6,8,10,12H2,1-2H3,(H,23,24). The number of hydrogen-bond acceptors (Lipinski definition) is 6. The van der Waals surface area contributed by atoms with Crippen LogP contribution in [-0.2, 0) is 9.53 Å². The zero-order valence-corrected chi connectivity index (χ0v) is 16.0. The highest BCUT2D eigenvalue weighted by Crippen LogP contribution is 2.27. The van der Waals surface area contributed by atoms with E-state index in [1.807, 2.05) is 0 Å². The highest BCUT2D eigenvalue weighted by Gasteiger charge is 2.15. The Hall–Kier alpha value is -2.09. The molecule has 0 aromatic carbocycles. The van der Waals surface area contributed by atoms with E-state index in [1.165, 1.54) is 18.0 Å². The van der Waals surface area contributed by atoms with Crippen molar-refractivity contribution in [2.75, 3.05) is 12.4 Å². The maximum absolute atomic E-state index is 12.0. The van der Waals surface area contributed by atoms with Crippen LogP contribution >= 0.6 is 11.8 Å². The van der Waals surface area contributed by atoms with Crippen LogP contribution in [-0.4, -0.2) is 44.3 Å². The average molecular weight is 379 g/mol. The summed E-state index contributed by atoms with van der Waals surface area (Å²) in [5.41, 5.74) is 0.964. The lowest BCUT2D eigenvalue weighted by atomic mass is 10.0. The molecule has 26 heavy (non-hydrogen) atoms. The third kappa shape index (κ3) is 5.45. The predicted molar refractivity (Wildman–Crippen MR) is 101 cm³/mol. The van der Waals surface area contributed by atoms with Gasteiger partial charge in [0.2, 0.25) is 0 Å². The van der Waals surface area contributed by atoms with Gasteiger partial charge in [0.05, 0.1) is 19.2 Å². The Morgan fingerprint density at radius 3 is 2.88 bits per heavy atom. The van der Waals surface area contributed by atoms with Gasteiger partial charge in [-0.3, -0.25) is 9.78 Å². The van der Waals surface area contributed by atoms with E-state index in [-0.39, 0.29) is 12.4 Å². The first-order valence-corrected chi connectivity index (χ1v) is 9.89. The minimum absolute atomic E-state index is 0.218. The van der Waals surface area contributed by atoms with Crippen molar-refractivity contribution >= 4 is 34.9 Å². The molecule has 7 nitrogen and oxygen atoms in total. The van der Waals surface area contributed by atoms with Gasteiger partial charge < -0.3 is 9.84 Å². The number of rotatable bonds is 10. The van der Waals surface area contributed by atoms with Crippen LogP contribution in [0, 0.1) is 5.92 Å². The van der Waals surface area contributed by atoms with Crippen LogP contribution in [0.3, 0.4) is 0 Å². The van der Waals surface area contributed by atoms with Crippen molar-refractivity contribution in [3.63, 3.8) is 0 Å². The van der Waals surface area contributed by atoms with Gasteiger partial charge in [0.25, 0.3) is 0 Å². The predicted octanol–water partition coefficient (Wildman–Crippen LogP) is 4.20. The third-order valence-corrected chi connectivity index (χ3v) is 5.24. The van der Waals surface area contributed by atoms with Gasteiger partial charge in [0.15, 0.2) is 0 Å². The van der Waals surface area contributed by atoms with E-state index in [1.54, 1.807) is 12.3 Å². The van der Waals surface area contributed by atoms with Gasteiger partial charge in [-0.2, -0.15) is 9.78 Å². The number of esters is 1. The Morgan fingerprint density at radius 2 is 2.19 bits per heavy atom. The fraction of sp³-hybridized carbons (Fsp3) is 0.556. The third-order valence-electron chi connectivity index (χ3n) is 4.19. The first-order valence-electron chi connectivity index (χ1n) is 8.91. The molecule has 0 radical (unpaired) electrons. The number of nitrogens with zero attached hydrogens (tertiary/aromatic N) is 3. The molecule has 0 aliphatic carbocycles. The number of pyridine rings is 1. The second-order valence-corrected chi connectivity index (χ2v) is 7.22. The molecule has 0 saturated carbocycles. The van der Waals surface area contributed by atoms with E-state index < -0.39 is 6.09 Å². The summed E-state index contributed by atoms with van der Waals surface area (Å²) >= 11 is 1.40. The number of carboxylic acid groups (broad SMARTS) is 1. The number of aromatic nitrogens is 3. The number of ether oxygens (including phenoxy) is 1. The van der Waals surface area contributed by atoms with Crippen LogP contribution in [0.4, 0.5) is 4.79 Å². The Labute approximate surface area is 157 Å². The van der Waals surface area contributed by atoms with Gasteiger partial charge in [0.1, 0.15) is 11.0 Å². The monoisotopic (exact) mass is 379 g/mol. The second-order valence-electron chi connectivity index (χ2n) is 6.08. The number of carbonyl (C=O) groups excluding carboxylic acids is 1. The molecule has 0 aliphatic heterocycles. The second kappa shape index (κ2) is 10.2. The molecule has 0 amide bonds. The minimum atomic E-state index is -1.16. The smallest absolute Gasteiger partial charge is 0.432 e. The lowest BCUT2D eigenvalue weighted by Crippen LogP contribution is -2.14. The summed E-state index contributed by atoms with van der Waals surface area (Å²) in [5, 5.41) is 13.0. The summed E-state index contributed by atoms with van der Waals surface area (Å²) < 4.78 is 6.29. The number of thioether (sulfide) groups is 1. The van der Waals surface area contributed by atoms with Crippen LogP contribution in [0.15, 0.2) is 23.4 Å². The Bertz CT molecular complexity index is 747. The molecule has 1 unspecified atom stereocenters. The highest BCUT2D eigenvalue weighted by atomic mass is 32.2. The zero-order valence-electron chi connectivity index (χ0n) is 15.2. The van der Waals surface area contributed by atoms with Crippen LogP contribution in [0.5, 0.6) is 0 Å². The first kappa shape index (κ1) is 20.2. The molecule has 1 N–H and O–H groups in total. The molecule has 0 spiro atoms. The summed E-state index contributed by atoms with van der Waals surface area (Å²) in [6.07, 6.45) is 6.54. The van der Waals surface area contributed by atoms with Gasteiger partial charge in [-0.05, 0) is 18.4 Å². The van der Waals surface area contributed by atoms with Crippen molar-refractivity contribution < 1.29 is 19.4 Å². The first-order chi connectivity index (χ1) is 12.6. The fourth-order valence-corrected chi connectivity index (χ4v) is 3.59. The molecule has 2 aromatic heterocycles. The van der Waals surface area contributed by atoms with Crippen LogP contribution in [0.1, 0.15) is 46.0 Å². The molecule has 142 valence electrons. The molecule has 0 aliphatic rings. The van der Waals surface area contributed by atoms with Crippen molar-refractivity contribution in [1.29, 1.82) is 0 Å². The Morgan fingerprint density at radius 1 is 1.38 bits per heavy atom. The van der Waals surface area contributed by atoms with Crippen LogP contribution in [0.2, 0.25) is 0 Å². The molecule has 8 heteroatoms. The Balaban J connectivity index is 1.86. The fourth-order valence-electron chi connectivity index (χ4n) is 2.62. The lowest BCUT2D eigenvalue weighted by Gasteiger charge is -2.14. The van der Waals surface area contributed by atoms with Gasteiger partial charge in [-0.25, -0.2) is 4.79 Å². The molecule has 0 fully saturated rings. The van der Waals surface area contributed by atoms with E-state index in [0.29, 0.717) is 29.3 Å². The molecular formula is C18H25N3O4S. The van der Waals surface area contributed by atoms with Crippen molar-refractivity contribution in [1.82, 2.24) is 14.8 Å². The highest BCUT2D eigenvalue weighted by molar-refractivity contribution is 7.99. The summed E-state index contributed by atoms with van der Waals surface area (Å²) in [7, 11) is 0. The van der Waals surface area contributed by atoms with Crippen molar-refractivity contribution in [2.45, 2.75) is 50.8 Å². The SMILES string of the molecule is CCCCC(CC)COC(=O)CCSc1ccnc2cnn(C(=O)O)c12. The quantitative estimate of drug-likeness (QED) is 0.488. The van der Waals surface area contributed by atoms with E-state index in [9.17, 15) is 14.7 Å². The van der Waals surface area contributed by atoms with E-state index in [4.69, 9.17) is 4.74 Å². The van der Waals surface area contributed by atoms with E-state index in [2.05, 4.69) is 23.9 Å². The summed E-state index contributed by atoms with van der Waals surface area (Å²) in [6.45, 7) is 4.75.